The van der Waals surface area contributed by atoms with Crippen LogP contribution in [0.3, 0.4) is 0 Å². The quantitative estimate of drug-likeness (QED) is 0.621. The van der Waals surface area contributed by atoms with Crippen molar-refractivity contribution in [1.29, 1.82) is 0 Å². The zero-order chi connectivity index (χ0) is 17.8. The molecule has 0 atom stereocenters. The third-order valence-corrected chi connectivity index (χ3v) is 3.86. The van der Waals surface area contributed by atoms with Crippen LogP contribution in [0, 0.1) is 0 Å². The van der Waals surface area contributed by atoms with Gasteiger partial charge in [-0.05, 0) is 49.4 Å². The molecule has 0 saturated heterocycles. The molecule has 1 aromatic heterocycles. The van der Waals surface area contributed by atoms with Crippen molar-refractivity contribution in [3.8, 4) is 0 Å². The van der Waals surface area contributed by atoms with Crippen molar-refractivity contribution >= 4 is 52.1 Å². The second kappa shape index (κ2) is 7.46. The summed E-state index contributed by atoms with van der Waals surface area (Å²) >= 11 is 12.1. The average Bonchev–Trinajstić information content (AvgIpc) is 2.59. The van der Waals surface area contributed by atoms with E-state index >= 15 is 0 Å². The second-order valence-corrected chi connectivity index (χ2v) is 6.02. The molecule has 6 nitrogen and oxygen atoms in total. The van der Waals surface area contributed by atoms with E-state index in [1.807, 2.05) is 0 Å². The van der Waals surface area contributed by atoms with Crippen LogP contribution in [0.1, 0.15) is 17.3 Å². The summed E-state index contributed by atoms with van der Waals surface area (Å²) in [7, 11) is 0. The van der Waals surface area contributed by atoms with E-state index in [4.69, 9.17) is 23.2 Å². The lowest BCUT2D eigenvalue weighted by atomic mass is 10.1. The van der Waals surface area contributed by atoms with Crippen molar-refractivity contribution in [1.82, 2.24) is 15.2 Å². The van der Waals surface area contributed by atoms with Crippen LogP contribution in [-0.2, 0) is 0 Å². The summed E-state index contributed by atoms with van der Waals surface area (Å²) in [5.41, 5.74) is 2.00. The Kier molecular flexibility index (Phi) is 5.11. The number of hydrogen-bond donors (Lipinski definition) is 2. The Hall–Kier alpha value is -2.70. The van der Waals surface area contributed by atoms with Crippen LogP contribution in [0.2, 0.25) is 10.0 Å². The number of benzene rings is 2. The number of halogens is 2. The van der Waals surface area contributed by atoms with Gasteiger partial charge in [-0.3, -0.25) is 4.79 Å². The first kappa shape index (κ1) is 17.1. The van der Waals surface area contributed by atoms with Gasteiger partial charge in [0.15, 0.2) is 11.6 Å². The van der Waals surface area contributed by atoms with Crippen LogP contribution < -0.4 is 10.6 Å². The Morgan fingerprint density at radius 1 is 1.04 bits per heavy atom. The van der Waals surface area contributed by atoms with Crippen LogP contribution in [0.5, 0.6) is 0 Å². The normalized spacial score (nSPS) is 10.4. The van der Waals surface area contributed by atoms with E-state index in [2.05, 4.69) is 25.8 Å². The SMILES string of the molecule is CC(=O)c1ccc(Nc2cnnc(Nc3cc(Cl)ccc3Cl)n2)cc1. The minimum absolute atomic E-state index is 0.0140. The first-order chi connectivity index (χ1) is 12.0. The lowest BCUT2D eigenvalue weighted by Gasteiger charge is -2.09. The Morgan fingerprint density at radius 2 is 1.80 bits per heavy atom. The van der Waals surface area contributed by atoms with E-state index in [-0.39, 0.29) is 11.7 Å². The van der Waals surface area contributed by atoms with Gasteiger partial charge in [0, 0.05) is 16.3 Å². The molecular weight excluding hydrogens is 361 g/mol. The molecule has 0 radical (unpaired) electrons. The fraction of sp³-hybridized carbons (Fsp3) is 0.0588. The van der Waals surface area contributed by atoms with Gasteiger partial charge in [0.2, 0.25) is 5.95 Å². The molecule has 25 heavy (non-hydrogen) atoms. The van der Waals surface area contributed by atoms with Crippen LogP contribution in [0.15, 0.2) is 48.7 Å². The summed E-state index contributed by atoms with van der Waals surface area (Å²) < 4.78 is 0. The maximum Gasteiger partial charge on any atom is 0.249 e. The topological polar surface area (TPSA) is 79.8 Å². The molecule has 0 bridgehead atoms. The van der Waals surface area contributed by atoms with Crippen LogP contribution in [0.25, 0.3) is 0 Å². The number of ketones is 1. The van der Waals surface area contributed by atoms with Gasteiger partial charge in [-0.1, -0.05) is 23.2 Å². The third-order valence-electron chi connectivity index (χ3n) is 3.30. The first-order valence-corrected chi connectivity index (χ1v) is 8.07. The van der Waals surface area contributed by atoms with Gasteiger partial charge in [0.05, 0.1) is 16.9 Å². The van der Waals surface area contributed by atoms with Crippen molar-refractivity contribution < 1.29 is 4.79 Å². The van der Waals surface area contributed by atoms with Crippen molar-refractivity contribution in [2.45, 2.75) is 6.92 Å². The summed E-state index contributed by atoms with van der Waals surface area (Å²) in [6.07, 6.45) is 1.49. The number of hydrogen-bond acceptors (Lipinski definition) is 6. The Balaban J connectivity index is 1.77. The van der Waals surface area contributed by atoms with Gasteiger partial charge in [0.25, 0.3) is 0 Å². The van der Waals surface area contributed by atoms with E-state index in [9.17, 15) is 4.79 Å². The number of nitrogens with zero attached hydrogens (tertiary/aromatic N) is 3. The highest BCUT2D eigenvalue weighted by Gasteiger charge is 2.06. The maximum atomic E-state index is 11.3. The molecule has 0 spiro atoms. The molecule has 8 heteroatoms. The number of anilines is 4. The first-order valence-electron chi connectivity index (χ1n) is 7.31. The van der Waals surface area contributed by atoms with E-state index in [1.54, 1.807) is 42.5 Å². The van der Waals surface area contributed by atoms with Crippen LogP contribution in [-0.4, -0.2) is 21.0 Å². The van der Waals surface area contributed by atoms with Crippen LogP contribution >= 0.6 is 23.2 Å². The predicted octanol–water partition coefficient (Wildman–Crippen LogP) is 4.87. The third kappa shape index (κ3) is 4.43. The summed E-state index contributed by atoms with van der Waals surface area (Å²) in [4.78, 5) is 15.6. The molecule has 2 N–H and O–H groups in total. The van der Waals surface area contributed by atoms with E-state index < -0.39 is 0 Å². The molecule has 3 aromatic rings. The molecule has 0 aliphatic heterocycles. The number of nitrogens with one attached hydrogen (secondary N) is 2. The minimum Gasteiger partial charge on any atom is -0.339 e. The molecule has 126 valence electrons. The van der Waals surface area contributed by atoms with Gasteiger partial charge >= 0.3 is 0 Å². The minimum atomic E-state index is 0.0140. The predicted molar refractivity (Wildman–Crippen MR) is 99.3 cm³/mol. The maximum absolute atomic E-state index is 11.3. The van der Waals surface area contributed by atoms with Crippen LogP contribution in [0.4, 0.5) is 23.1 Å². The molecule has 0 unspecified atom stereocenters. The highest BCUT2D eigenvalue weighted by molar-refractivity contribution is 6.35. The fourth-order valence-electron chi connectivity index (χ4n) is 2.07. The smallest absolute Gasteiger partial charge is 0.249 e. The zero-order valence-electron chi connectivity index (χ0n) is 13.1. The average molecular weight is 374 g/mol. The highest BCUT2D eigenvalue weighted by atomic mass is 35.5. The Labute approximate surface area is 154 Å². The fourth-order valence-corrected chi connectivity index (χ4v) is 2.40. The number of aromatic nitrogens is 3. The van der Waals surface area contributed by atoms with Crippen molar-refractivity contribution in [3.05, 3.63) is 64.3 Å². The van der Waals surface area contributed by atoms with Gasteiger partial charge in [-0.2, -0.15) is 10.1 Å². The molecule has 0 fully saturated rings. The van der Waals surface area contributed by atoms with Gasteiger partial charge in [0.1, 0.15) is 0 Å². The largest absolute Gasteiger partial charge is 0.339 e. The zero-order valence-corrected chi connectivity index (χ0v) is 14.6. The van der Waals surface area contributed by atoms with Crippen molar-refractivity contribution in [2.24, 2.45) is 0 Å². The molecule has 1 heterocycles. The lowest BCUT2D eigenvalue weighted by Crippen LogP contribution is -2.03. The summed E-state index contributed by atoms with van der Waals surface area (Å²) in [5, 5.41) is 14.9. The molecule has 0 saturated carbocycles. The monoisotopic (exact) mass is 373 g/mol. The van der Waals surface area contributed by atoms with E-state index in [0.717, 1.165) is 5.69 Å². The molecule has 0 aliphatic rings. The van der Waals surface area contributed by atoms with Gasteiger partial charge < -0.3 is 10.6 Å². The number of Topliss-reactive ketones (excluding diaryl/α,β-unsaturated/α-hetero) is 1. The molecular formula is C17H13Cl2N5O. The van der Waals surface area contributed by atoms with Crippen molar-refractivity contribution in [2.75, 3.05) is 10.6 Å². The summed E-state index contributed by atoms with van der Waals surface area (Å²) in [6.45, 7) is 1.52. The standard InChI is InChI=1S/C17H13Cl2N5O/c1-10(25)11-2-5-13(6-3-11)21-16-9-20-24-17(23-16)22-15-8-12(18)4-7-14(15)19/h2-9H,1H3,(H2,21,22,23,24). The highest BCUT2D eigenvalue weighted by Crippen LogP contribution is 2.27. The van der Waals surface area contributed by atoms with E-state index in [0.29, 0.717) is 27.1 Å². The summed E-state index contributed by atoms with van der Waals surface area (Å²) in [6, 6.07) is 12.1. The number of carbonyl (C=O) groups is 1. The van der Waals surface area contributed by atoms with Crippen molar-refractivity contribution in [3.63, 3.8) is 0 Å². The lowest BCUT2D eigenvalue weighted by molar-refractivity contribution is 0.101. The van der Waals surface area contributed by atoms with Gasteiger partial charge in [-0.15, -0.1) is 5.10 Å². The second-order valence-electron chi connectivity index (χ2n) is 5.17. The van der Waals surface area contributed by atoms with E-state index in [1.165, 1.54) is 13.1 Å². The summed E-state index contributed by atoms with van der Waals surface area (Å²) in [5.74, 6) is 0.779. The molecule has 0 aliphatic carbocycles. The van der Waals surface area contributed by atoms with Gasteiger partial charge in [-0.25, -0.2) is 0 Å². The molecule has 0 amide bonds. The number of rotatable bonds is 5. The Morgan fingerprint density at radius 3 is 2.52 bits per heavy atom. The molecule has 3 rings (SSSR count). The molecule has 2 aromatic carbocycles. The Bertz CT molecular complexity index is 915. The number of carbonyl (C=O) groups excluding carboxylic acids is 1.